The van der Waals surface area contributed by atoms with Crippen molar-refractivity contribution in [1.29, 1.82) is 0 Å². The van der Waals surface area contributed by atoms with E-state index in [4.69, 9.17) is 27.5 Å². The third kappa shape index (κ3) is 6.15. The molecular formula is C36H44BiClO4. The van der Waals surface area contributed by atoms with Gasteiger partial charge in [-0.15, -0.1) is 0 Å². The Bertz CT molecular complexity index is 1270. The number of hydrogen-bond acceptors (Lipinski definition) is 4. The molecule has 0 fully saturated rings. The maximum absolute atomic E-state index is 8.95. The predicted octanol–water partition coefficient (Wildman–Crippen LogP) is 6.90. The van der Waals surface area contributed by atoms with Crippen molar-refractivity contribution in [2.24, 2.45) is 0 Å². The summed E-state index contributed by atoms with van der Waals surface area (Å²) in [7, 11) is 8.95. The quantitative estimate of drug-likeness (QED) is 0.147. The van der Waals surface area contributed by atoms with E-state index in [1.807, 2.05) is 128 Å². The molecule has 0 atom stereocenters. The van der Waals surface area contributed by atoms with Gasteiger partial charge >= 0.3 is 258 Å². The Morgan fingerprint density at radius 2 is 0.571 bits per heavy atom. The van der Waals surface area contributed by atoms with E-state index in [0.29, 0.717) is 0 Å². The van der Waals surface area contributed by atoms with Gasteiger partial charge in [0.15, 0.2) is 0 Å². The Kier molecular flexibility index (Phi) is 10.2. The SMILES string of the molecule is CC(C)Oc1cccc[c]1[Bi]([Cl])([c]1ccccc1OC(C)C)([c]1ccccc1OC(C)C)[c]1ccccc1OC(C)C. The van der Waals surface area contributed by atoms with Crippen LogP contribution in [-0.4, -0.2) is 42.0 Å². The summed E-state index contributed by atoms with van der Waals surface area (Å²) >= 11 is -5.80. The van der Waals surface area contributed by atoms with Gasteiger partial charge in [0, 0.05) is 0 Å². The summed E-state index contributed by atoms with van der Waals surface area (Å²) < 4.78 is 30.1. The summed E-state index contributed by atoms with van der Waals surface area (Å²) in [6.07, 6.45) is -0.268. The van der Waals surface area contributed by atoms with Crippen molar-refractivity contribution >= 4 is 39.2 Å². The van der Waals surface area contributed by atoms with Crippen LogP contribution in [0.1, 0.15) is 55.4 Å². The Morgan fingerprint density at radius 1 is 0.381 bits per heavy atom. The molecule has 0 bridgehead atoms. The van der Waals surface area contributed by atoms with Gasteiger partial charge in [-0.25, -0.2) is 0 Å². The molecule has 0 saturated carbocycles. The first-order valence-corrected chi connectivity index (χ1v) is 26.0. The second-order valence-electron chi connectivity index (χ2n) is 11.5. The van der Waals surface area contributed by atoms with Crippen molar-refractivity contribution in [1.82, 2.24) is 0 Å². The molecular weight excluding hydrogens is 741 g/mol. The Labute approximate surface area is 256 Å². The van der Waals surface area contributed by atoms with Crippen LogP contribution in [0.5, 0.6) is 23.0 Å². The second-order valence-corrected chi connectivity index (χ2v) is 32.8. The molecule has 4 nitrogen and oxygen atoms in total. The third-order valence-electron chi connectivity index (χ3n) is 6.72. The number of halogens is 1. The molecule has 0 N–H and O–H groups in total. The van der Waals surface area contributed by atoms with E-state index in [1.165, 1.54) is 0 Å². The molecule has 6 heteroatoms. The van der Waals surface area contributed by atoms with Crippen molar-refractivity contribution in [2.45, 2.75) is 79.8 Å². The third-order valence-corrected chi connectivity index (χ3v) is 32.9. The fourth-order valence-corrected chi connectivity index (χ4v) is 30.5. The number of rotatable bonds is 12. The summed E-state index contributed by atoms with van der Waals surface area (Å²) in [5.41, 5.74) is 0. The average molecular weight is 785 g/mol. The van der Waals surface area contributed by atoms with Gasteiger partial charge in [0.2, 0.25) is 0 Å². The van der Waals surface area contributed by atoms with E-state index in [-0.39, 0.29) is 24.4 Å². The number of ether oxygens (including phenoxy) is 4. The first-order chi connectivity index (χ1) is 20.0. The Morgan fingerprint density at radius 3 is 0.762 bits per heavy atom. The monoisotopic (exact) mass is 784 g/mol. The minimum atomic E-state index is -5.80. The Hall–Kier alpha value is -2.75. The van der Waals surface area contributed by atoms with E-state index in [2.05, 4.69) is 24.3 Å². The molecule has 0 spiro atoms. The fraction of sp³-hybridized carbons (Fsp3) is 0.333. The molecule has 0 aliphatic heterocycles. The molecule has 0 radical (unpaired) electrons. The fourth-order valence-electron chi connectivity index (χ4n) is 5.41. The summed E-state index contributed by atoms with van der Waals surface area (Å²) in [6.45, 7) is 16.3. The molecule has 0 saturated heterocycles. The summed E-state index contributed by atoms with van der Waals surface area (Å²) in [5, 5.41) is 0. The van der Waals surface area contributed by atoms with Gasteiger partial charge in [-0.3, -0.25) is 0 Å². The van der Waals surface area contributed by atoms with E-state index in [1.54, 1.807) is 0 Å². The van der Waals surface area contributed by atoms with E-state index in [0.717, 1.165) is 36.1 Å². The van der Waals surface area contributed by atoms with Crippen LogP contribution in [0, 0.1) is 0 Å². The maximum atomic E-state index is 8.95. The first-order valence-electron chi connectivity index (χ1n) is 14.8. The zero-order valence-corrected chi connectivity index (χ0v) is 30.2. The second kappa shape index (κ2) is 13.3. The predicted molar refractivity (Wildman–Crippen MR) is 179 cm³/mol. The average Bonchev–Trinajstić information content (AvgIpc) is 2.93. The van der Waals surface area contributed by atoms with E-state index >= 15 is 0 Å². The number of benzene rings is 4. The van der Waals surface area contributed by atoms with Crippen molar-refractivity contribution < 1.29 is 18.9 Å². The van der Waals surface area contributed by atoms with Crippen LogP contribution in [0.3, 0.4) is 0 Å². The molecule has 42 heavy (non-hydrogen) atoms. The molecule has 0 heterocycles. The van der Waals surface area contributed by atoms with Crippen molar-refractivity contribution in [3.8, 4) is 23.0 Å². The zero-order valence-electron chi connectivity index (χ0n) is 26.0. The molecule has 224 valence electrons. The molecule has 0 amide bonds. The molecule has 4 aromatic rings. The van der Waals surface area contributed by atoms with Gasteiger partial charge < -0.3 is 0 Å². The van der Waals surface area contributed by atoms with Crippen LogP contribution in [0.15, 0.2) is 97.1 Å². The van der Waals surface area contributed by atoms with Crippen LogP contribution in [0.4, 0.5) is 0 Å². The van der Waals surface area contributed by atoms with Crippen molar-refractivity contribution in [3.05, 3.63) is 97.1 Å². The van der Waals surface area contributed by atoms with Gasteiger partial charge in [0.25, 0.3) is 0 Å². The Balaban J connectivity index is 2.37. The molecule has 0 aliphatic rings. The van der Waals surface area contributed by atoms with Gasteiger partial charge in [-0.1, -0.05) is 0 Å². The number of para-hydroxylation sites is 4. The number of hydrogen-bond donors (Lipinski definition) is 0. The van der Waals surface area contributed by atoms with Crippen LogP contribution >= 0.6 is 8.51 Å². The van der Waals surface area contributed by atoms with Gasteiger partial charge in [-0.2, -0.15) is 0 Å². The topological polar surface area (TPSA) is 36.9 Å². The molecule has 0 aromatic heterocycles. The summed E-state index contributed by atoms with van der Waals surface area (Å²) in [5.74, 6) is 2.97. The molecule has 0 unspecified atom stereocenters. The van der Waals surface area contributed by atoms with Crippen LogP contribution in [-0.2, 0) is 0 Å². The zero-order chi connectivity index (χ0) is 30.5. The normalized spacial score (nSPS) is 12.8. The van der Waals surface area contributed by atoms with Crippen LogP contribution in [0.25, 0.3) is 0 Å². The van der Waals surface area contributed by atoms with E-state index < -0.39 is 17.6 Å². The van der Waals surface area contributed by atoms with Gasteiger partial charge in [-0.05, 0) is 0 Å². The molecule has 4 rings (SSSR count). The summed E-state index contributed by atoms with van der Waals surface area (Å²) in [4.78, 5) is 0. The molecule has 4 aromatic carbocycles. The van der Waals surface area contributed by atoms with Crippen molar-refractivity contribution in [2.75, 3.05) is 0 Å². The van der Waals surface area contributed by atoms with Gasteiger partial charge in [0.05, 0.1) is 0 Å². The van der Waals surface area contributed by atoms with Crippen LogP contribution < -0.4 is 32.0 Å². The molecule has 0 aliphatic carbocycles. The summed E-state index contributed by atoms with van der Waals surface area (Å²) in [6, 6.07) is 32.8. The van der Waals surface area contributed by atoms with Gasteiger partial charge in [0.1, 0.15) is 0 Å². The van der Waals surface area contributed by atoms with E-state index in [9.17, 15) is 0 Å². The van der Waals surface area contributed by atoms with Crippen LogP contribution in [0.2, 0.25) is 0 Å². The first kappa shape index (κ1) is 32.2. The minimum absolute atomic E-state index is 0.0671. The standard InChI is InChI=1S/4C9H11O.Bi.ClH/c4*1-8(2)10-9-6-4-3-5-7-9;;/h4*3-6,8H,1-2H3;;1H/q;;;;+1;/p-1. The van der Waals surface area contributed by atoms with Crippen molar-refractivity contribution in [3.63, 3.8) is 0 Å².